The Hall–Kier alpha value is 0.0700. The summed E-state index contributed by atoms with van der Waals surface area (Å²) in [7, 11) is -4.21. The zero-order valence-electron chi connectivity index (χ0n) is 11.8. The molecule has 6 heteroatoms. The van der Waals surface area contributed by atoms with Gasteiger partial charge in [0.2, 0.25) is 0 Å². The van der Waals surface area contributed by atoms with Crippen molar-refractivity contribution in [2.75, 3.05) is 13.2 Å². The highest BCUT2D eigenvalue weighted by Crippen LogP contribution is 2.42. The highest BCUT2D eigenvalue weighted by Gasteiger charge is 2.37. The van der Waals surface area contributed by atoms with E-state index in [1.807, 2.05) is 0 Å². The van der Waals surface area contributed by atoms with Crippen LogP contribution >= 0.6 is 7.82 Å². The molecule has 0 aromatic rings. The van der Waals surface area contributed by atoms with Gasteiger partial charge in [0, 0.05) is 6.61 Å². The Bertz CT molecular complexity index is 305. The number of phosphoric acid groups is 1. The van der Waals surface area contributed by atoms with Gasteiger partial charge in [-0.3, -0.25) is 4.57 Å². The van der Waals surface area contributed by atoms with Crippen molar-refractivity contribution < 1.29 is 23.2 Å². The molecule has 1 saturated heterocycles. The van der Waals surface area contributed by atoms with Crippen molar-refractivity contribution >= 4 is 7.82 Å². The molecular weight excluding hydrogens is 255 g/mol. The lowest BCUT2D eigenvalue weighted by molar-refractivity contribution is -0.230. The quantitative estimate of drug-likeness (QED) is 0.697. The van der Waals surface area contributed by atoms with Crippen LogP contribution in [0.25, 0.3) is 0 Å². The lowest BCUT2D eigenvalue weighted by Gasteiger charge is -2.29. The molecule has 0 amide bonds. The highest BCUT2D eigenvalue weighted by molar-refractivity contribution is 7.45. The van der Waals surface area contributed by atoms with Crippen LogP contribution in [0.1, 0.15) is 34.6 Å². The van der Waals surface area contributed by atoms with Crippen LogP contribution in [0.5, 0.6) is 0 Å². The Morgan fingerprint density at radius 1 is 1.39 bits per heavy atom. The van der Waals surface area contributed by atoms with E-state index >= 15 is 0 Å². The second kappa shape index (κ2) is 6.49. The number of ether oxygens (including phenoxy) is 1. The molecule has 5 nitrogen and oxygen atoms in total. The normalized spacial score (nSPS) is 32.1. The maximum atomic E-state index is 11.5. The fraction of sp³-hybridized carbons (Fsp3) is 1.00. The van der Waals surface area contributed by atoms with Crippen molar-refractivity contribution in [1.82, 2.24) is 0 Å². The lowest BCUT2D eigenvalue weighted by atomic mass is 9.83. The molecule has 0 aromatic carbocycles. The highest BCUT2D eigenvalue weighted by atomic mass is 31.2. The van der Waals surface area contributed by atoms with E-state index < -0.39 is 13.9 Å². The van der Waals surface area contributed by atoms with Gasteiger partial charge < -0.3 is 18.7 Å². The predicted octanol–water partition coefficient (Wildman–Crippen LogP) is 2.20. The molecule has 0 bridgehead atoms. The molecule has 1 fully saturated rings. The summed E-state index contributed by atoms with van der Waals surface area (Å²) in [4.78, 5) is 11.5. The van der Waals surface area contributed by atoms with Crippen molar-refractivity contribution in [1.29, 1.82) is 0 Å². The molecule has 2 unspecified atom stereocenters. The molecule has 4 atom stereocenters. The standard InChI is InChI=1S/C12H25O5P/c1-8(2)12-10(5)6-15-11(12)7-16-18(13,14)17-9(3)4/h8-12H,6-7H2,1-5H3,(H,13,14)/p-1/t10-,11+,12?/m0/s1. The average Bonchev–Trinajstić information content (AvgIpc) is 2.54. The minimum absolute atomic E-state index is 0.0423. The second-order valence-corrected chi connectivity index (χ2v) is 6.93. The van der Waals surface area contributed by atoms with Gasteiger partial charge in [0.1, 0.15) is 0 Å². The van der Waals surface area contributed by atoms with E-state index in [0.29, 0.717) is 24.4 Å². The molecule has 0 aromatic heterocycles. The smallest absolute Gasteiger partial charge is 0.268 e. The topological polar surface area (TPSA) is 67.8 Å². The first-order chi connectivity index (χ1) is 8.23. The first-order valence-electron chi connectivity index (χ1n) is 6.48. The van der Waals surface area contributed by atoms with Crippen LogP contribution in [-0.4, -0.2) is 25.4 Å². The van der Waals surface area contributed by atoms with Crippen LogP contribution in [0.4, 0.5) is 0 Å². The van der Waals surface area contributed by atoms with Gasteiger partial charge in [0.05, 0.1) is 18.8 Å². The van der Waals surface area contributed by atoms with Crippen LogP contribution < -0.4 is 4.89 Å². The minimum atomic E-state index is -4.21. The van der Waals surface area contributed by atoms with Crippen molar-refractivity contribution in [3.8, 4) is 0 Å². The summed E-state index contributed by atoms with van der Waals surface area (Å²) in [5, 5.41) is 0. The van der Waals surface area contributed by atoms with E-state index in [0.717, 1.165) is 0 Å². The minimum Gasteiger partial charge on any atom is -0.756 e. The average molecular weight is 279 g/mol. The molecule has 1 rings (SSSR count). The third kappa shape index (κ3) is 4.63. The van der Waals surface area contributed by atoms with Gasteiger partial charge in [-0.1, -0.05) is 20.8 Å². The van der Waals surface area contributed by atoms with Crippen LogP contribution in [0.2, 0.25) is 0 Å². The molecule has 0 aliphatic carbocycles. The second-order valence-electron chi connectivity index (χ2n) is 5.57. The maximum absolute atomic E-state index is 11.5. The molecule has 0 N–H and O–H groups in total. The van der Waals surface area contributed by atoms with E-state index in [-0.39, 0.29) is 12.7 Å². The predicted molar refractivity (Wildman–Crippen MR) is 67.0 cm³/mol. The SMILES string of the molecule is CC(C)OP(=O)([O-])OC[C@H]1OC[C@H](C)C1C(C)C. The molecular formula is C12H24O5P-. The summed E-state index contributed by atoms with van der Waals surface area (Å²) in [6.07, 6.45) is -0.573. The summed E-state index contributed by atoms with van der Waals surface area (Å²) < 4.78 is 26.7. The van der Waals surface area contributed by atoms with Gasteiger partial charge in [0.25, 0.3) is 7.82 Å². The summed E-state index contributed by atoms with van der Waals surface area (Å²) in [6, 6.07) is 0. The van der Waals surface area contributed by atoms with Gasteiger partial charge in [-0.25, -0.2) is 0 Å². The number of phosphoric ester groups is 1. The fourth-order valence-corrected chi connectivity index (χ4v) is 3.47. The van der Waals surface area contributed by atoms with E-state index in [2.05, 4.69) is 20.8 Å². The number of hydrogen-bond acceptors (Lipinski definition) is 5. The molecule has 0 spiro atoms. The summed E-state index contributed by atoms with van der Waals surface area (Å²) in [5.41, 5.74) is 0. The van der Waals surface area contributed by atoms with Crippen molar-refractivity contribution in [2.24, 2.45) is 17.8 Å². The molecule has 1 heterocycles. The van der Waals surface area contributed by atoms with Crippen molar-refractivity contribution in [2.45, 2.75) is 46.8 Å². The zero-order valence-corrected chi connectivity index (χ0v) is 12.7. The lowest BCUT2D eigenvalue weighted by Crippen LogP contribution is -2.29. The first-order valence-corrected chi connectivity index (χ1v) is 7.94. The molecule has 0 saturated carbocycles. The van der Waals surface area contributed by atoms with E-state index in [1.165, 1.54) is 0 Å². The summed E-state index contributed by atoms with van der Waals surface area (Å²) in [6.45, 7) is 10.4. The van der Waals surface area contributed by atoms with Crippen LogP contribution in [0.3, 0.4) is 0 Å². The summed E-state index contributed by atoms with van der Waals surface area (Å²) >= 11 is 0. The largest absolute Gasteiger partial charge is 0.756 e. The Balaban J connectivity index is 2.50. The van der Waals surface area contributed by atoms with Gasteiger partial charge in [-0.2, -0.15) is 0 Å². The molecule has 1 aliphatic heterocycles. The Labute approximate surface area is 109 Å². The maximum Gasteiger partial charge on any atom is 0.268 e. The van der Waals surface area contributed by atoms with Gasteiger partial charge in [-0.15, -0.1) is 0 Å². The third-order valence-electron chi connectivity index (χ3n) is 3.17. The molecule has 108 valence electrons. The van der Waals surface area contributed by atoms with E-state index in [4.69, 9.17) is 13.8 Å². The number of rotatable bonds is 6. The molecule has 0 radical (unpaired) electrons. The van der Waals surface area contributed by atoms with Gasteiger partial charge in [0.15, 0.2) is 0 Å². The third-order valence-corrected chi connectivity index (χ3v) is 4.31. The molecule has 1 aliphatic rings. The Kier molecular flexibility index (Phi) is 5.81. The number of hydrogen-bond donors (Lipinski definition) is 0. The Morgan fingerprint density at radius 3 is 2.50 bits per heavy atom. The monoisotopic (exact) mass is 279 g/mol. The van der Waals surface area contributed by atoms with Gasteiger partial charge in [-0.05, 0) is 31.6 Å². The van der Waals surface area contributed by atoms with Gasteiger partial charge >= 0.3 is 0 Å². The molecule has 18 heavy (non-hydrogen) atoms. The zero-order chi connectivity index (χ0) is 13.9. The van der Waals surface area contributed by atoms with Crippen molar-refractivity contribution in [3.63, 3.8) is 0 Å². The summed E-state index contributed by atoms with van der Waals surface area (Å²) in [5.74, 6) is 1.19. The van der Waals surface area contributed by atoms with E-state index in [1.54, 1.807) is 13.8 Å². The van der Waals surface area contributed by atoms with E-state index in [9.17, 15) is 9.46 Å². The first kappa shape index (κ1) is 16.1. The van der Waals surface area contributed by atoms with Crippen molar-refractivity contribution in [3.05, 3.63) is 0 Å². The van der Waals surface area contributed by atoms with Crippen LogP contribution in [-0.2, 0) is 18.3 Å². The Morgan fingerprint density at radius 2 is 2.00 bits per heavy atom. The fourth-order valence-electron chi connectivity index (χ4n) is 2.56. The van der Waals surface area contributed by atoms with Crippen LogP contribution in [0.15, 0.2) is 0 Å². The van der Waals surface area contributed by atoms with Crippen LogP contribution in [0, 0.1) is 17.8 Å².